The first kappa shape index (κ1) is 17.9. The fraction of sp³-hybridized carbons (Fsp3) is 0.174. The summed E-state index contributed by atoms with van der Waals surface area (Å²) in [5.74, 6) is 0.918. The zero-order chi connectivity index (χ0) is 19.2. The number of carbonyl (C=O) groups is 1. The molecule has 2 aromatic carbocycles. The number of hydrogen-bond donors (Lipinski definition) is 1. The molecule has 0 atom stereocenters. The summed E-state index contributed by atoms with van der Waals surface area (Å²) in [6.07, 6.45) is 2.99. The van der Waals surface area contributed by atoms with Gasteiger partial charge in [-0.15, -0.1) is 10.2 Å². The van der Waals surface area contributed by atoms with Gasteiger partial charge in [-0.1, -0.05) is 66.7 Å². The van der Waals surface area contributed by atoms with E-state index in [1.54, 1.807) is 0 Å². The normalized spacial score (nSPS) is 11.0. The first-order valence-corrected chi connectivity index (χ1v) is 9.46. The maximum absolute atomic E-state index is 12.6. The molecule has 0 spiro atoms. The third-order valence-electron chi connectivity index (χ3n) is 4.85. The second-order valence-electron chi connectivity index (χ2n) is 6.72. The molecule has 140 valence electrons. The van der Waals surface area contributed by atoms with E-state index in [1.165, 1.54) is 0 Å². The monoisotopic (exact) mass is 370 g/mol. The number of pyridine rings is 1. The zero-order valence-electron chi connectivity index (χ0n) is 15.5. The van der Waals surface area contributed by atoms with E-state index in [9.17, 15) is 4.79 Å². The third kappa shape index (κ3) is 4.09. The quantitative estimate of drug-likeness (QED) is 0.541. The van der Waals surface area contributed by atoms with E-state index >= 15 is 0 Å². The smallest absolute Gasteiger partial charge is 0.220 e. The summed E-state index contributed by atoms with van der Waals surface area (Å²) in [6, 6.07) is 26.1. The first-order chi connectivity index (χ1) is 13.8. The van der Waals surface area contributed by atoms with Gasteiger partial charge in [0.15, 0.2) is 5.65 Å². The maximum atomic E-state index is 12.6. The molecule has 0 bridgehead atoms. The van der Waals surface area contributed by atoms with Gasteiger partial charge >= 0.3 is 0 Å². The van der Waals surface area contributed by atoms with Crippen LogP contribution < -0.4 is 5.32 Å². The minimum absolute atomic E-state index is 0.0338. The topological polar surface area (TPSA) is 59.3 Å². The largest absolute Gasteiger partial charge is 0.356 e. The van der Waals surface area contributed by atoms with Gasteiger partial charge in [0, 0.05) is 31.5 Å². The van der Waals surface area contributed by atoms with Gasteiger partial charge in [-0.05, 0) is 23.3 Å². The molecule has 0 saturated heterocycles. The summed E-state index contributed by atoms with van der Waals surface area (Å²) in [7, 11) is 0. The predicted octanol–water partition coefficient (Wildman–Crippen LogP) is 3.61. The number of benzene rings is 2. The van der Waals surface area contributed by atoms with E-state index in [2.05, 4.69) is 39.8 Å². The number of aromatic nitrogens is 3. The second kappa shape index (κ2) is 8.48. The van der Waals surface area contributed by atoms with Crippen molar-refractivity contribution in [2.75, 3.05) is 6.54 Å². The fourth-order valence-corrected chi connectivity index (χ4v) is 3.43. The van der Waals surface area contributed by atoms with Crippen molar-refractivity contribution in [2.24, 2.45) is 0 Å². The molecule has 4 rings (SSSR count). The van der Waals surface area contributed by atoms with Crippen molar-refractivity contribution in [3.8, 4) is 0 Å². The Morgan fingerprint density at radius 2 is 1.50 bits per heavy atom. The van der Waals surface area contributed by atoms with Crippen LogP contribution in [-0.2, 0) is 11.2 Å². The molecule has 0 unspecified atom stereocenters. The molecule has 28 heavy (non-hydrogen) atoms. The van der Waals surface area contributed by atoms with Crippen molar-refractivity contribution in [1.82, 2.24) is 19.9 Å². The Kier molecular flexibility index (Phi) is 5.43. The van der Waals surface area contributed by atoms with Gasteiger partial charge < -0.3 is 5.32 Å². The number of nitrogens with one attached hydrogen (secondary N) is 1. The lowest BCUT2D eigenvalue weighted by atomic mass is 9.88. The number of nitrogens with zero attached hydrogens (tertiary/aromatic N) is 3. The second-order valence-corrected chi connectivity index (χ2v) is 6.72. The highest BCUT2D eigenvalue weighted by atomic mass is 16.1. The average molecular weight is 370 g/mol. The van der Waals surface area contributed by atoms with Crippen molar-refractivity contribution in [2.45, 2.75) is 18.8 Å². The van der Waals surface area contributed by atoms with Gasteiger partial charge in [0.05, 0.1) is 0 Å². The van der Waals surface area contributed by atoms with Crippen LogP contribution in [-0.4, -0.2) is 27.0 Å². The first-order valence-electron chi connectivity index (χ1n) is 9.46. The number of fused-ring (bicyclic) bond motifs is 1. The lowest BCUT2D eigenvalue weighted by molar-refractivity contribution is -0.121. The summed E-state index contributed by atoms with van der Waals surface area (Å²) in [4.78, 5) is 12.6. The molecule has 0 aliphatic heterocycles. The van der Waals surface area contributed by atoms with Crippen LogP contribution in [0, 0.1) is 0 Å². The van der Waals surface area contributed by atoms with Crippen LogP contribution in [0.5, 0.6) is 0 Å². The minimum atomic E-state index is 0.0338. The molecule has 2 aromatic heterocycles. The maximum Gasteiger partial charge on any atom is 0.220 e. The van der Waals surface area contributed by atoms with Gasteiger partial charge in [-0.2, -0.15) is 0 Å². The lowest BCUT2D eigenvalue weighted by Gasteiger charge is -2.18. The Morgan fingerprint density at radius 3 is 2.18 bits per heavy atom. The molecule has 1 N–H and O–H groups in total. The Labute approximate surface area is 164 Å². The molecule has 0 aliphatic carbocycles. The van der Waals surface area contributed by atoms with E-state index < -0.39 is 0 Å². The average Bonchev–Trinajstić information content (AvgIpc) is 3.16. The van der Waals surface area contributed by atoms with E-state index in [0.717, 1.165) is 22.6 Å². The lowest BCUT2D eigenvalue weighted by Crippen LogP contribution is -2.27. The van der Waals surface area contributed by atoms with Gasteiger partial charge in [-0.3, -0.25) is 9.20 Å². The molecule has 2 heterocycles. The third-order valence-corrected chi connectivity index (χ3v) is 4.85. The van der Waals surface area contributed by atoms with Crippen LogP contribution in [0.25, 0.3) is 5.65 Å². The molecule has 4 aromatic rings. The van der Waals surface area contributed by atoms with Crippen molar-refractivity contribution in [3.05, 3.63) is 102 Å². The Balaban J connectivity index is 1.40. The Hall–Kier alpha value is -3.47. The summed E-state index contributed by atoms with van der Waals surface area (Å²) < 4.78 is 1.95. The molecule has 5 heteroatoms. The predicted molar refractivity (Wildman–Crippen MR) is 109 cm³/mol. The van der Waals surface area contributed by atoms with E-state index in [0.29, 0.717) is 19.4 Å². The van der Waals surface area contributed by atoms with Gasteiger partial charge in [-0.25, -0.2) is 0 Å². The SMILES string of the molecule is O=C(CC(c1ccccc1)c1ccccc1)NCCc1nnc2ccccn12. The van der Waals surface area contributed by atoms with Crippen molar-refractivity contribution < 1.29 is 4.79 Å². The van der Waals surface area contributed by atoms with Gasteiger partial charge in [0.2, 0.25) is 5.91 Å². The van der Waals surface area contributed by atoms with Crippen LogP contribution >= 0.6 is 0 Å². The summed E-state index contributed by atoms with van der Waals surface area (Å²) in [5, 5.41) is 11.4. The minimum Gasteiger partial charge on any atom is -0.356 e. The number of hydrogen-bond acceptors (Lipinski definition) is 3. The molecule has 1 amide bonds. The zero-order valence-corrected chi connectivity index (χ0v) is 15.5. The highest BCUT2D eigenvalue weighted by Gasteiger charge is 2.18. The van der Waals surface area contributed by atoms with Crippen molar-refractivity contribution >= 4 is 11.6 Å². The summed E-state index contributed by atoms with van der Waals surface area (Å²) in [6.45, 7) is 0.533. The van der Waals surface area contributed by atoms with Crippen LogP contribution in [0.2, 0.25) is 0 Å². The van der Waals surface area contributed by atoms with E-state index in [4.69, 9.17) is 0 Å². The molecule has 0 aliphatic rings. The molecular weight excluding hydrogens is 348 g/mol. The Morgan fingerprint density at radius 1 is 0.857 bits per heavy atom. The van der Waals surface area contributed by atoms with Gasteiger partial charge in [0.25, 0.3) is 0 Å². The van der Waals surface area contributed by atoms with Crippen LogP contribution in [0.4, 0.5) is 0 Å². The van der Waals surface area contributed by atoms with Crippen LogP contribution in [0.15, 0.2) is 85.1 Å². The van der Waals surface area contributed by atoms with Crippen LogP contribution in [0.3, 0.4) is 0 Å². The number of carbonyl (C=O) groups excluding carboxylic acids is 1. The Bertz CT molecular complexity index is 1000. The van der Waals surface area contributed by atoms with Crippen molar-refractivity contribution in [3.63, 3.8) is 0 Å². The number of amides is 1. The summed E-state index contributed by atoms with van der Waals surface area (Å²) in [5.41, 5.74) is 3.11. The highest BCUT2D eigenvalue weighted by Crippen LogP contribution is 2.27. The van der Waals surface area contributed by atoms with E-state index in [-0.39, 0.29) is 11.8 Å². The highest BCUT2D eigenvalue weighted by molar-refractivity contribution is 5.77. The molecule has 0 saturated carbocycles. The molecule has 5 nitrogen and oxygen atoms in total. The standard InChI is InChI=1S/C23H22N4O/c28-23(24-15-14-22-26-25-21-13-7-8-16-27(21)22)17-20(18-9-3-1-4-10-18)19-11-5-2-6-12-19/h1-13,16,20H,14-15,17H2,(H,24,28). The van der Waals surface area contributed by atoms with E-state index in [1.807, 2.05) is 65.2 Å². The fourth-order valence-electron chi connectivity index (χ4n) is 3.43. The molecule has 0 fully saturated rings. The number of rotatable bonds is 7. The van der Waals surface area contributed by atoms with Crippen LogP contribution in [0.1, 0.15) is 29.3 Å². The molecule has 0 radical (unpaired) electrons. The van der Waals surface area contributed by atoms with Gasteiger partial charge in [0.1, 0.15) is 5.82 Å². The summed E-state index contributed by atoms with van der Waals surface area (Å²) >= 11 is 0. The molecular formula is C23H22N4O. The van der Waals surface area contributed by atoms with Crippen molar-refractivity contribution in [1.29, 1.82) is 0 Å².